The summed E-state index contributed by atoms with van der Waals surface area (Å²) in [5.41, 5.74) is 0.217. The van der Waals surface area contributed by atoms with Crippen LogP contribution in [0.15, 0.2) is 6.33 Å². The SMILES string of the molecule is CCC1CNC(C)(CC)CN1Cc1ncnn1C(C)C. The molecule has 2 rings (SSSR count). The first-order valence-corrected chi connectivity index (χ1v) is 7.86. The van der Waals surface area contributed by atoms with Gasteiger partial charge in [0.25, 0.3) is 0 Å². The monoisotopic (exact) mass is 279 g/mol. The molecular weight excluding hydrogens is 250 g/mol. The van der Waals surface area contributed by atoms with Crippen LogP contribution in [0, 0.1) is 0 Å². The number of hydrogen-bond donors (Lipinski definition) is 1. The van der Waals surface area contributed by atoms with Crippen LogP contribution in [0.1, 0.15) is 59.3 Å². The maximum absolute atomic E-state index is 4.46. The van der Waals surface area contributed by atoms with Crippen molar-refractivity contribution in [1.29, 1.82) is 0 Å². The third-order valence-electron chi connectivity index (χ3n) is 4.57. The summed E-state index contributed by atoms with van der Waals surface area (Å²) in [4.78, 5) is 7.04. The molecule has 0 radical (unpaired) electrons. The van der Waals surface area contributed by atoms with E-state index in [4.69, 9.17) is 0 Å². The summed E-state index contributed by atoms with van der Waals surface area (Å²) in [6.07, 6.45) is 4.00. The van der Waals surface area contributed by atoms with Crippen LogP contribution in [-0.2, 0) is 6.54 Å². The van der Waals surface area contributed by atoms with Gasteiger partial charge in [0.05, 0.1) is 6.54 Å². The minimum absolute atomic E-state index is 0.217. The van der Waals surface area contributed by atoms with Crippen LogP contribution in [0.25, 0.3) is 0 Å². The maximum atomic E-state index is 4.46. The van der Waals surface area contributed by atoms with E-state index >= 15 is 0 Å². The quantitative estimate of drug-likeness (QED) is 0.897. The molecule has 0 spiro atoms. The van der Waals surface area contributed by atoms with E-state index in [1.807, 2.05) is 4.68 Å². The third kappa shape index (κ3) is 3.20. The van der Waals surface area contributed by atoms with Gasteiger partial charge in [-0.2, -0.15) is 5.10 Å². The summed E-state index contributed by atoms with van der Waals surface area (Å²) in [6, 6.07) is 0.958. The molecule has 5 heteroatoms. The summed E-state index contributed by atoms with van der Waals surface area (Å²) in [6.45, 7) is 14.2. The molecular formula is C15H29N5. The Kier molecular flexibility index (Phi) is 4.81. The Balaban J connectivity index is 2.13. The first kappa shape index (κ1) is 15.4. The smallest absolute Gasteiger partial charge is 0.141 e. The van der Waals surface area contributed by atoms with Crippen molar-refractivity contribution in [2.24, 2.45) is 0 Å². The topological polar surface area (TPSA) is 46.0 Å². The zero-order valence-corrected chi connectivity index (χ0v) is 13.6. The average molecular weight is 279 g/mol. The van der Waals surface area contributed by atoms with Crippen molar-refractivity contribution in [2.75, 3.05) is 13.1 Å². The molecule has 20 heavy (non-hydrogen) atoms. The van der Waals surface area contributed by atoms with E-state index in [1.54, 1.807) is 6.33 Å². The summed E-state index contributed by atoms with van der Waals surface area (Å²) in [7, 11) is 0. The number of piperazine rings is 1. The van der Waals surface area contributed by atoms with Crippen LogP contribution in [0.4, 0.5) is 0 Å². The molecule has 5 nitrogen and oxygen atoms in total. The fraction of sp³-hybridized carbons (Fsp3) is 0.867. The first-order valence-electron chi connectivity index (χ1n) is 7.86. The van der Waals surface area contributed by atoms with Crippen molar-refractivity contribution in [3.63, 3.8) is 0 Å². The molecule has 1 aliphatic rings. The van der Waals surface area contributed by atoms with Crippen LogP contribution >= 0.6 is 0 Å². The molecule has 0 bridgehead atoms. The molecule has 0 amide bonds. The summed E-state index contributed by atoms with van der Waals surface area (Å²) in [5, 5.41) is 8.06. The highest BCUT2D eigenvalue weighted by atomic mass is 15.4. The molecule has 1 aliphatic heterocycles. The molecule has 1 fully saturated rings. The Hall–Kier alpha value is -0.940. The van der Waals surface area contributed by atoms with Gasteiger partial charge >= 0.3 is 0 Å². The lowest BCUT2D eigenvalue weighted by Gasteiger charge is -2.45. The van der Waals surface area contributed by atoms with Gasteiger partial charge in [-0.1, -0.05) is 13.8 Å². The van der Waals surface area contributed by atoms with Crippen molar-refractivity contribution < 1.29 is 0 Å². The van der Waals surface area contributed by atoms with Crippen molar-refractivity contribution in [3.05, 3.63) is 12.2 Å². The zero-order chi connectivity index (χ0) is 14.8. The normalized spacial score (nSPS) is 28.2. The molecule has 1 saturated heterocycles. The summed E-state index contributed by atoms with van der Waals surface area (Å²) < 4.78 is 2.04. The van der Waals surface area contributed by atoms with E-state index in [-0.39, 0.29) is 5.54 Å². The Morgan fingerprint density at radius 1 is 1.45 bits per heavy atom. The molecule has 2 atom stereocenters. The van der Waals surface area contributed by atoms with Crippen molar-refractivity contribution in [2.45, 2.75) is 71.6 Å². The number of hydrogen-bond acceptors (Lipinski definition) is 4. The van der Waals surface area contributed by atoms with Crippen molar-refractivity contribution in [3.8, 4) is 0 Å². The van der Waals surface area contributed by atoms with E-state index in [2.05, 4.69) is 54.9 Å². The highest BCUT2D eigenvalue weighted by Crippen LogP contribution is 2.22. The molecule has 2 unspecified atom stereocenters. The third-order valence-corrected chi connectivity index (χ3v) is 4.57. The highest BCUT2D eigenvalue weighted by Gasteiger charge is 2.34. The minimum Gasteiger partial charge on any atom is -0.309 e. The van der Waals surface area contributed by atoms with Gasteiger partial charge in [0.1, 0.15) is 12.2 Å². The molecule has 0 aromatic carbocycles. The van der Waals surface area contributed by atoms with Crippen molar-refractivity contribution in [1.82, 2.24) is 25.0 Å². The Bertz CT molecular complexity index is 428. The Labute approximate surface area is 122 Å². The second-order valence-electron chi connectivity index (χ2n) is 6.48. The molecule has 2 heterocycles. The second kappa shape index (κ2) is 6.22. The van der Waals surface area contributed by atoms with E-state index < -0.39 is 0 Å². The number of rotatable bonds is 5. The summed E-state index contributed by atoms with van der Waals surface area (Å²) >= 11 is 0. The van der Waals surface area contributed by atoms with E-state index in [9.17, 15) is 0 Å². The molecule has 114 valence electrons. The average Bonchev–Trinajstić information content (AvgIpc) is 2.87. The van der Waals surface area contributed by atoms with Crippen molar-refractivity contribution >= 4 is 0 Å². The van der Waals surface area contributed by atoms with Crippen LogP contribution in [-0.4, -0.2) is 44.3 Å². The predicted octanol–water partition coefficient (Wildman–Crippen LogP) is 2.21. The lowest BCUT2D eigenvalue weighted by Crippen LogP contribution is -2.62. The molecule has 1 aromatic heterocycles. The van der Waals surface area contributed by atoms with Crippen LogP contribution in [0.2, 0.25) is 0 Å². The minimum atomic E-state index is 0.217. The van der Waals surface area contributed by atoms with E-state index in [1.165, 1.54) is 6.42 Å². The number of aromatic nitrogens is 3. The van der Waals surface area contributed by atoms with Gasteiger partial charge < -0.3 is 5.32 Å². The molecule has 1 N–H and O–H groups in total. The lowest BCUT2D eigenvalue weighted by molar-refractivity contribution is 0.0716. The van der Waals surface area contributed by atoms with Gasteiger partial charge in [-0.3, -0.25) is 4.90 Å². The van der Waals surface area contributed by atoms with E-state index in [0.29, 0.717) is 12.1 Å². The first-order chi connectivity index (χ1) is 9.49. The predicted molar refractivity (Wildman–Crippen MR) is 81.6 cm³/mol. The fourth-order valence-electron chi connectivity index (χ4n) is 2.95. The molecule has 1 aromatic rings. The van der Waals surface area contributed by atoms with Crippen LogP contribution in [0.3, 0.4) is 0 Å². The van der Waals surface area contributed by atoms with Gasteiger partial charge in [-0.15, -0.1) is 0 Å². The lowest BCUT2D eigenvalue weighted by atomic mass is 9.93. The number of nitrogens with one attached hydrogen (secondary N) is 1. The number of nitrogens with zero attached hydrogens (tertiary/aromatic N) is 4. The van der Waals surface area contributed by atoms with E-state index in [0.717, 1.165) is 31.9 Å². The standard InChI is InChI=1S/C15H29N5/c1-6-13-8-17-15(5,7-2)10-19(13)9-14-16-11-18-20(14)12(3)4/h11-13,17H,6-10H2,1-5H3. The molecule has 0 aliphatic carbocycles. The zero-order valence-electron chi connectivity index (χ0n) is 13.6. The fourth-order valence-corrected chi connectivity index (χ4v) is 2.95. The van der Waals surface area contributed by atoms with Gasteiger partial charge in [-0.25, -0.2) is 9.67 Å². The Morgan fingerprint density at radius 3 is 2.80 bits per heavy atom. The van der Waals surface area contributed by atoms with Gasteiger partial charge in [0.15, 0.2) is 0 Å². The maximum Gasteiger partial charge on any atom is 0.141 e. The van der Waals surface area contributed by atoms with Gasteiger partial charge in [0.2, 0.25) is 0 Å². The van der Waals surface area contributed by atoms with Crippen LogP contribution < -0.4 is 5.32 Å². The largest absolute Gasteiger partial charge is 0.309 e. The summed E-state index contributed by atoms with van der Waals surface area (Å²) in [5.74, 6) is 1.08. The van der Waals surface area contributed by atoms with Gasteiger partial charge in [0, 0.05) is 30.7 Å². The highest BCUT2D eigenvalue weighted by molar-refractivity contribution is 4.97. The van der Waals surface area contributed by atoms with Gasteiger partial charge in [-0.05, 0) is 33.6 Å². The van der Waals surface area contributed by atoms with Crippen LogP contribution in [0.5, 0.6) is 0 Å². The second-order valence-corrected chi connectivity index (χ2v) is 6.48. The Morgan fingerprint density at radius 2 is 2.20 bits per heavy atom. The molecule has 0 saturated carbocycles.